The number of benzene rings is 2. The quantitative estimate of drug-likeness (QED) is 0.675. The number of rotatable bonds is 6. The van der Waals surface area contributed by atoms with Crippen LogP contribution in [0.25, 0.3) is 0 Å². The molecule has 1 N–H and O–H groups in total. The van der Waals surface area contributed by atoms with Crippen LogP contribution in [0.4, 0.5) is 11.4 Å². The molecular formula is C24H28BrN3O3. The number of anilines is 2. The SMILES string of the molecule is CN(CC(=O)Nc1ccc(N2CCOCC2)cc1)C(=O)C1(c2ccc(Br)cc2)CCC1. The van der Waals surface area contributed by atoms with Gasteiger partial charge in [0.25, 0.3) is 0 Å². The smallest absolute Gasteiger partial charge is 0.243 e. The van der Waals surface area contributed by atoms with Crippen molar-refractivity contribution in [3.8, 4) is 0 Å². The second-order valence-electron chi connectivity index (χ2n) is 8.30. The summed E-state index contributed by atoms with van der Waals surface area (Å²) in [6.45, 7) is 3.25. The minimum absolute atomic E-state index is 0.0129. The largest absolute Gasteiger partial charge is 0.378 e. The predicted molar refractivity (Wildman–Crippen MR) is 125 cm³/mol. The van der Waals surface area contributed by atoms with Gasteiger partial charge in [-0.05, 0) is 54.8 Å². The van der Waals surface area contributed by atoms with E-state index < -0.39 is 5.41 Å². The van der Waals surface area contributed by atoms with Crippen molar-refractivity contribution < 1.29 is 14.3 Å². The Labute approximate surface area is 191 Å². The molecule has 0 bridgehead atoms. The lowest BCUT2D eigenvalue weighted by molar-refractivity contribution is -0.141. The van der Waals surface area contributed by atoms with Crippen molar-refractivity contribution in [2.75, 3.05) is 50.1 Å². The van der Waals surface area contributed by atoms with Gasteiger partial charge in [-0.15, -0.1) is 0 Å². The van der Waals surface area contributed by atoms with Gasteiger partial charge < -0.3 is 19.9 Å². The summed E-state index contributed by atoms with van der Waals surface area (Å²) in [5.41, 5.74) is 2.37. The second kappa shape index (κ2) is 9.40. The molecule has 2 aliphatic rings. The first kappa shape index (κ1) is 21.8. The molecule has 1 saturated carbocycles. The maximum Gasteiger partial charge on any atom is 0.243 e. The molecule has 1 aliphatic heterocycles. The molecule has 2 fully saturated rings. The van der Waals surface area contributed by atoms with E-state index in [0.29, 0.717) is 0 Å². The zero-order valence-corrected chi connectivity index (χ0v) is 19.4. The molecule has 0 unspecified atom stereocenters. The number of halogens is 1. The van der Waals surface area contributed by atoms with E-state index in [9.17, 15) is 9.59 Å². The number of amides is 2. The maximum atomic E-state index is 13.3. The number of nitrogens with one attached hydrogen (secondary N) is 1. The summed E-state index contributed by atoms with van der Waals surface area (Å²) < 4.78 is 6.38. The summed E-state index contributed by atoms with van der Waals surface area (Å²) in [6.07, 6.45) is 2.67. The van der Waals surface area contributed by atoms with Gasteiger partial charge >= 0.3 is 0 Å². The number of nitrogens with zero attached hydrogens (tertiary/aromatic N) is 2. The van der Waals surface area contributed by atoms with Crippen LogP contribution in [0.5, 0.6) is 0 Å². The van der Waals surface area contributed by atoms with Gasteiger partial charge in [-0.2, -0.15) is 0 Å². The van der Waals surface area contributed by atoms with Gasteiger partial charge in [-0.3, -0.25) is 9.59 Å². The Balaban J connectivity index is 1.35. The summed E-state index contributed by atoms with van der Waals surface area (Å²) in [5, 5.41) is 2.91. The zero-order chi connectivity index (χ0) is 21.8. The lowest BCUT2D eigenvalue weighted by atomic mass is 9.63. The number of likely N-dealkylation sites (N-methyl/N-ethyl adjacent to an activating group) is 1. The highest BCUT2D eigenvalue weighted by molar-refractivity contribution is 9.10. The van der Waals surface area contributed by atoms with Crippen LogP contribution in [0, 0.1) is 0 Å². The Morgan fingerprint density at radius 1 is 1.06 bits per heavy atom. The highest BCUT2D eigenvalue weighted by Gasteiger charge is 2.47. The molecule has 1 heterocycles. The average Bonchev–Trinajstić information content (AvgIpc) is 2.75. The molecule has 164 valence electrons. The normalized spacial score (nSPS) is 17.5. The third-order valence-corrected chi connectivity index (χ3v) is 6.80. The van der Waals surface area contributed by atoms with E-state index in [1.807, 2.05) is 48.5 Å². The fourth-order valence-corrected chi connectivity index (χ4v) is 4.62. The number of ether oxygens (including phenoxy) is 1. The molecule has 2 aromatic carbocycles. The molecular weight excluding hydrogens is 458 g/mol. The maximum absolute atomic E-state index is 13.3. The number of morpholine rings is 1. The van der Waals surface area contributed by atoms with E-state index in [2.05, 4.69) is 26.1 Å². The molecule has 0 aromatic heterocycles. The van der Waals surface area contributed by atoms with Gasteiger partial charge in [0.15, 0.2) is 0 Å². The van der Waals surface area contributed by atoms with Crippen molar-refractivity contribution in [1.82, 2.24) is 4.90 Å². The monoisotopic (exact) mass is 485 g/mol. The van der Waals surface area contributed by atoms with Crippen molar-refractivity contribution in [3.05, 3.63) is 58.6 Å². The third-order valence-electron chi connectivity index (χ3n) is 6.27. The predicted octanol–water partition coefficient (Wildman–Crippen LogP) is 3.80. The summed E-state index contributed by atoms with van der Waals surface area (Å²) in [5.74, 6) is -0.181. The standard InChI is InChI=1S/C24H28BrN3O3/c1-27(23(30)24(11-2-12-24)18-3-5-19(25)6-4-18)17-22(29)26-20-7-9-21(10-8-20)28-13-15-31-16-14-28/h3-10H,2,11-17H2,1H3,(H,26,29). The van der Waals surface area contributed by atoms with E-state index in [4.69, 9.17) is 4.74 Å². The van der Waals surface area contributed by atoms with Crippen molar-refractivity contribution in [2.24, 2.45) is 0 Å². The minimum atomic E-state index is -0.504. The lowest BCUT2D eigenvalue weighted by Gasteiger charge is -2.43. The van der Waals surface area contributed by atoms with Crippen LogP contribution in [0.1, 0.15) is 24.8 Å². The Morgan fingerprint density at radius 3 is 2.29 bits per heavy atom. The summed E-state index contributed by atoms with van der Waals surface area (Å²) in [4.78, 5) is 29.7. The topological polar surface area (TPSA) is 61.9 Å². The minimum Gasteiger partial charge on any atom is -0.378 e. The summed E-state index contributed by atoms with van der Waals surface area (Å²) in [6, 6.07) is 15.8. The lowest BCUT2D eigenvalue weighted by Crippen LogP contribution is -2.51. The van der Waals surface area contributed by atoms with Crippen molar-refractivity contribution in [1.29, 1.82) is 0 Å². The first-order chi connectivity index (χ1) is 15.0. The molecule has 0 radical (unpaired) electrons. The van der Waals surface area contributed by atoms with E-state index >= 15 is 0 Å². The fourth-order valence-electron chi connectivity index (χ4n) is 4.36. The van der Waals surface area contributed by atoms with E-state index in [1.165, 1.54) is 0 Å². The highest BCUT2D eigenvalue weighted by Crippen LogP contribution is 2.45. The van der Waals surface area contributed by atoms with Crippen LogP contribution < -0.4 is 10.2 Å². The van der Waals surface area contributed by atoms with Crippen molar-refractivity contribution >= 4 is 39.1 Å². The Kier molecular flexibility index (Phi) is 6.62. The number of carbonyl (C=O) groups is 2. The third kappa shape index (κ3) is 4.77. The Morgan fingerprint density at radius 2 is 1.71 bits per heavy atom. The molecule has 2 aromatic rings. The molecule has 1 saturated heterocycles. The van der Waals surface area contributed by atoms with Crippen LogP contribution in [0.3, 0.4) is 0 Å². The molecule has 1 aliphatic carbocycles. The molecule has 7 heteroatoms. The van der Waals surface area contributed by atoms with Gasteiger partial charge in [0.1, 0.15) is 0 Å². The summed E-state index contributed by atoms with van der Waals surface area (Å²) in [7, 11) is 1.71. The molecule has 2 amide bonds. The van der Waals surface area contributed by atoms with Crippen LogP contribution in [0.2, 0.25) is 0 Å². The van der Waals surface area contributed by atoms with Crippen LogP contribution in [0.15, 0.2) is 53.0 Å². The van der Waals surface area contributed by atoms with E-state index in [0.717, 1.165) is 67.0 Å². The van der Waals surface area contributed by atoms with Gasteiger partial charge in [0.2, 0.25) is 11.8 Å². The Hall–Kier alpha value is -2.38. The fraction of sp³-hybridized carbons (Fsp3) is 0.417. The molecule has 0 atom stereocenters. The van der Waals surface area contributed by atoms with E-state index in [1.54, 1.807) is 11.9 Å². The van der Waals surface area contributed by atoms with Crippen LogP contribution in [-0.2, 0) is 19.7 Å². The molecule has 31 heavy (non-hydrogen) atoms. The first-order valence-electron chi connectivity index (χ1n) is 10.7. The van der Waals surface area contributed by atoms with Crippen LogP contribution in [-0.4, -0.2) is 56.6 Å². The van der Waals surface area contributed by atoms with E-state index in [-0.39, 0.29) is 18.4 Å². The number of carbonyl (C=O) groups excluding carboxylic acids is 2. The van der Waals surface area contributed by atoms with Crippen molar-refractivity contribution in [3.63, 3.8) is 0 Å². The Bertz CT molecular complexity index is 920. The highest BCUT2D eigenvalue weighted by atomic mass is 79.9. The average molecular weight is 486 g/mol. The molecule has 6 nitrogen and oxygen atoms in total. The number of hydrogen-bond acceptors (Lipinski definition) is 4. The first-order valence-corrected chi connectivity index (χ1v) is 11.5. The second-order valence-corrected chi connectivity index (χ2v) is 9.21. The van der Waals surface area contributed by atoms with Gasteiger partial charge in [0, 0.05) is 36.0 Å². The zero-order valence-electron chi connectivity index (χ0n) is 17.8. The van der Waals surface area contributed by atoms with Gasteiger partial charge in [-0.1, -0.05) is 34.5 Å². The molecule has 4 rings (SSSR count). The van der Waals surface area contributed by atoms with Crippen LogP contribution >= 0.6 is 15.9 Å². The van der Waals surface area contributed by atoms with Gasteiger partial charge in [0.05, 0.1) is 25.2 Å². The van der Waals surface area contributed by atoms with Gasteiger partial charge in [-0.25, -0.2) is 0 Å². The van der Waals surface area contributed by atoms with Crippen molar-refractivity contribution in [2.45, 2.75) is 24.7 Å². The molecule has 0 spiro atoms. The number of hydrogen-bond donors (Lipinski definition) is 1. The summed E-state index contributed by atoms with van der Waals surface area (Å²) >= 11 is 3.45.